The van der Waals surface area contributed by atoms with Crippen LogP contribution in [0.25, 0.3) is 0 Å². The molecule has 2 amide bonds. The van der Waals surface area contributed by atoms with Gasteiger partial charge in [-0.15, -0.1) is 13.2 Å². The third-order valence-electron chi connectivity index (χ3n) is 2.11. The van der Waals surface area contributed by atoms with Gasteiger partial charge >= 0.3 is 12.4 Å². The van der Waals surface area contributed by atoms with Crippen LogP contribution in [0.5, 0.6) is 5.75 Å². The number of aliphatic hydroxyl groups excluding tert-OH is 1. The molecule has 0 radical (unpaired) electrons. The number of urea groups is 1. The minimum Gasteiger partial charge on any atom is -0.406 e. The highest BCUT2D eigenvalue weighted by atomic mass is 19.4. The average Bonchev–Trinajstić information content (AvgIpc) is 2.39. The molecule has 118 valence electrons. The summed E-state index contributed by atoms with van der Waals surface area (Å²) >= 11 is 0. The van der Waals surface area contributed by atoms with Gasteiger partial charge in [0.2, 0.25) is 0 Å². The first-order chi connectivity index (χ1) is 9.90. The Labute approximate surface area is 118 Å². The topological polar surface area (TPSA) is 79.8 Å². The molecular formula is C12H15F3N2O4. The summed E-state index contributed by atoms with van der Waals surface area (Å²) in [6, 6.07) is 4.22. The molecule has 1 aromatic rings. The van der Waals surface area contributed by atoms with Gasteiger partial charge in [0.15, 0.2) is 0 Å². The van der Waals surface area contributed by atoms with Crippen LogP contribution in [0.2, 0.25) is 0 Å². The Morgan fingerprint density at radius 1 is 1.19 bits per heavy atom. The van der Waals surface area contributed by atoms with Crippen molar-refractivity contribution in [3.63, 3.8) is 0 Å². The lowest BCUT2D eigenvalue weighted by atomic mass is 10.3. The molecule has 0 fully saturated rings. The molecule has 3 N–H and O–H groups in total. The normalized spacial score (nSPS) is 11.0. The first kappa shape index (κ1) is 17.1. The highest BCUT2D eigenvalue weighted by Crippen LogP contribution is 2.23. The van der Waals surface area contributed by atoms with E-state index in [1.54, 1.807) is 0 Å². The Bertz CT molecular complexity index is 437. The van der Waals surface area contributed by atoms with Crippen molar-refractivity contribution in [1.82, 2.24) is 5.32 Å². The standard InChI is InChI=1S/C12H15F3N2O4/c13-12(14,15)21-10-3-1-9(2-4-10)17-11(19)16-5-7-20-8-6-18/h1-4,18H,5-8H2,(H2,16,17,19). The van der Waals surface area contributed by atoms with Crippen LogP contribution < -0.4 is 15.4 Å². The van der Waals surface area contributed by atoms with E-state index >= 15 is 0 Å². The number of carbonyl (C=O) groups is 1. The fraction of sp³-hybridized carbons (Fsp3) is 0.417. The van der Waals surface area contributed by atoms with Gasteiger partial charge in [-0.2, -0.15) is 0 Å². The number of alkyl halides is 3. The summed E-state index contributed by atoms with van der Waals surface area (Å²) in [6.45, 7) is 0.565. The summed E-state index contributed by atoms with van der Waals surface area (Å²) in [4.78, 5) is 11.4. The van der Waals surface area contributed by atoms with Crippen molar-refractivity contribution < 1.29 is 32.5 Å². The van der Waals surface area contributed by atoms with E-state index in [0.29, 0.717) is 5.69 Å². The number of hydrogen-bond donors (Lipinski definition) is 3. The maximum absolute atomic E-state index is 12.0. The number of ether oxygens (including phenoxy) is 2. The molecule has 0 aromatic heterocycles. The molecule has 0 spiro atoms. The van der Waals surface area contributed by atoms with E-state index in [1.807, 2.05) is 0 Å². The Balaban J connectivity index is 2.33. The molecule has 1 rings (SSSR count). The summed E-state index contributed by atoms with van der Waals surface area (Å²) in [5.74, 6) is -0.370. The van der Waals surface area contributed by atoms with Crippen LogP contribution in [0.3, 0.4) is 0 Å². The van der Waals surface area contributed by atoms with Gasteiger partial charge in [0, 0.05) is 12.2 Å². The lowest BCUT2D eigenvalue weighted by Gasteiger charge is -2.10. The molecular weight excluding hydrogens is 293 g/mol. The van der Waals surface area contributed by atoms with Crippen molar-refractivity contribution in [2.45, 2.75) is 6.36 Å². The number of benzene rings is 1. The number of carbonyl (C=O) groups excluding carboxylic acids is 1. The summed E-state index contributed by atoms with van der Waals surface area (Å²) in [6.07, 6.45) is -4.75. The number of aliphatic hydroxyl groups is 1. The number of amides is 2. The van der Waals surface area contributed by atoms with Crippen molar-refractivity contribution in [3.8, 4) is 5.75 Å². The monoisotopic (exact) mass is 308 g/mol. The van der Waals surface area contributed by atoms with Crippen molar-refractivity contribution in [1.29, 1.82) is 0 Å². The van der Waals surface area contributed by atoms with E-state index in [-0.39, 0.29) is 32.1 Å². The molecule has 0 heterocycles. The SMILES string of the molecule is O=C(NCCOCCO)Nc1ccc(OC(F)(F)F)cc1. The minimum atomic E-state index is -4.75. The molecule has 0 saturated carbocycles. The van der Waals surface area contributed by atoms with E-state index in [9.17, 15) is 18.0 Å². The van der Waals surface area contributed by atoms with Gasteiger partial charge in [-0.3, -0.25) is 0 Å². The van der Waals surface area contributed by atoms with Crippen LogP contribution in [0, 0.1) is 0 Å². The second-order valence-electron chi connectivity index (χ2n) is 3.79. The fourth-order valence-electron chi connectivity index (χ4n) is 1.32. The first-order valence-electron chi connectivity index (χ1n) is 6.00. The fourth-order valence-corrected chi connectivity index (χ4v) is 1.32. The van der Waals surface area contributed by atoms with Gasteiger partial charge in [-0.1, -0.05) is 0 Å². The number of anilines is 1. The summed E-state index contributed by atoms with van der Waals surface area (Å²) in [7, 11) is 0. The van der Waals surface area contributed by atoms with E-state index in [4.69, 9.17) is 9.84 Å². The summed E-state index contributed by atoms with van der Waals surface area (Å²) in [5, 5.41) is 13.4. The summed E-state index contributed by atoms with van der Waals surface area (Å²) < 4.78 is 44.5. The molecule has 0 aliphatic carbocycles. The predicted octanol–water partition coefficient (Wildman–Crippen LogP) is 1.72. The second-order valence-corrected chi connectivity index (χ2v) is 3.79. The number of halogens is 3. The van der Waals surface area contributed by atoms with E-state index in [2.05, 4.69) is 15.4 Å². The average molecular weight is 308 g/mol. The Hall–Kier alpha value is -2.00. The second kappa shape index (κ2) is 8.32. The lowest BCUT2D eigenvalue weighted by Crippen LogP contribution is -2.31. The smallest absolute Gasteiger partial charge is 0.406 e. The maximum atomic E-state index is 12.0. The molecule has 0 aliphatic heterocycles. The van der Waals surface area contributed by atoms with Gasteiger partial charge in [-0.25, -0.2) is 4.79 Å². The maximum Gasteiger partial charge on any atom is 0.573 e. The van der Waals surface area contributed by atoms with Gasteiger partial charge in [0.05, 0.1) is 19.8 Å². The molecule has 0 atom stereocenters. The van der Waals surface area contributed by atoms with Gasteiger partial charge < -0.3 is 25.2 Å². The third kappa shape index (κ3) is 8.00. The molecule has 6 nitrogen and oxygen atoms in total. The molecule has 9 heteroatoms. The minimum absolute atomic E-state index is 0.0987. The van der Waals surface area contributed by atoms with Crippen LogP contribution in [0.15, 0.2) is 24.3 Å². The summed E-state index contributed by atoms with van der Waals surface area (Å²) in [5.41, 5.74) is 0.318. The molecule has 0 saturated heterocycles. The van der Waals surface area contributed by atoms with Crippen LogP contribution in [-0.4, -0.2) is 43.9 Å². The highest BCUT2D eigenvalue weighted by molar-refractivity contribution is 5.89. The van der Waals surface area contributed by atoms with Crippen molar-refractivity contribution >= 4 is 11.7 Å². The number of rotatable bonds is 7. The third-order valence-corrected chi connectivity index (χ3v) is 2.11. The van der Waals surface area contributed by atoms with E-state index in [1.165, 1.54) is 12.1 Å². The van der Waals surface area contributed by atoms with Gasteiger partial charge in [0.25, 0.3) is 0 Å². The quantitative estimate of drug-likeness (QED) is 0.670. The molecule has 0 aliphatic rings. The van der Waals surface area contributed by atoms with Crippen molar-refractivity contribution in [2.24, 2.45) is 0 Å². The zero-order valence-corrected chi connectivity index (χ0v) is 10.9. The van der Waals surface area contributed by atoms with E-state index < -0.39 is 12.4 Å². The molecule has 0 unspecified atom stereocenters. The van der Waals surface area contributed by atoms with Crippen LogP contribution in [0.1, 0.15) is 0 Å². The highest BCUT2D eigenvalue weighted by Gasteiger charge is 2.30. The van der Waals surface area contributed by atoms with Gasteiger partial charge in [0.1, 0.15) is 5.75 Å². The molecule has 0 bridgehead atoms. The van der Waals surface area contributed by atoms with Crippen molar-refractivity contribution in [2.75, 3.05) is 31.7 Å². The largest absolute Gasteiger partial charge is 0.573 e. The van der Waals surface area contributed by atoms with E-state index in [0.717, 1.165) is 12.1 Å². The van der Waals surface area contributed by atoms with Crippen LogP contribution >= 0.6 is 0 Å². The first-order valence-corrected chi connectivity index (χ1v) is 6.00. The zero-order valence-electron chi connectivity index (χ0n) is 10.9. The van der Waals surface area contributed by atoms with Gasteiger partial charge in [-0.05, 0) is 24.3 Å². The number of nitrogens with one attached hydrogen (secondary N) is 2. The Morgan fingerprint density at radius 2 is 1.86 bits per heavy atom. The van der Waals surface area contributed by atoms with Crippen LogP contribution in [0.4, 0.5) is 23.7 Å². The Morgan fingerprint density at radius 3 is 2.43 bits per heavy atom. The molecule has 1 aromatic carbocycles. The van der Waals surface area contributed by atoms with Crippen molar-refractivity contribution in [3.05, 3.63) is 24.3 Å². The van der Waals surface area contributed by atoms with Crippen LogP contribution in [-0.2, 0) is 4.74 Å². The lowest BCUT2D eigenvalue weighted by molar-refractivity contribution is -0.274. The molecule has 21 heavy (non-hydrogen) atoms. The zero-order chi connectivity index (χ0) is 15.7. The predicted molar refractivity (Wildman–Crippen MR) is 68.1 cm³/mol. The Kier molecular flexibility index (Phi) is 6.76. The number of hydrogen-bond acceptors (Lipinski definition) is 4.